The molecular weight excluding hydrogens is 355 g/mol. The number of carbonyl (C=O) groups is 2. The fraction of sp³-hybridized carbons (Fsp3) is 0.474. The molecule has 2 aromatic rings. The highest BCUT2D eigenvalue weighted by Crippen LogP contribution is 2.36. The van der Waals surface area contributed by atoms with Crippen LogP contribution in [-0.2, 0) is 16.1 Å². The van der Waals surface area contributed by atoms with Gasteiger partial charge in [-0.3, -0.25) is 9.59 Å². The molecule has 0 spiro atoms. The van der Waals surface area contributed by atoms with Crippen LogP contribution in [0.3, 0.4) is 0 Å². The normalized spacial score (nSPS) is 19.9. The maximum atomic E-state index is 14.3. The van der Waals surface area contributed by atoms with E-state index in [0.717, 1.165) is 24.0 Å². The van der Waals surface area contributed by atoms with Crippen molar-refractivity contribution in [3.05, 3.63) is 34.5 Å². The van der Waals surface area contributed by atoms with Gasteiger partial charge in [0.25, 0.3) is 5.91 Å². The van der Waals surface area contributed by atoms with Gasteiger partial charge in [0, 0.05) is 35.3 Å². The van der Waals surface area contributed by atoms with Crippen molar-refractivity contribution < 1.29 is 18.7 Å². The number of benzene rings is 1. The highest BCUT2D eigenvalue weighted by atomic mass is 32.1. The molecule has 2 aliphatic rings. The monoisotopic (exact) mass is 376 g/mol. The molecule has 0 radical (unpaired) electrons. The van der Waals surface area contributed by atoms with Crippen LogP contribution >= 0.6 is 11.3 Å². The molecule has 2 heterocycles. The zero-order valence-electron chi connectivity index (χ0n) is 14.6. The third-order valence-electron chi connectivity index (χ3n) is 4.99. The highest BCUT2D eigenvalue weighted by molar-refractivity contribution is 7.21. The van der Waals surface area contributed by atoms with Crippen molar-refractivity contribution in [1.29, 1.82) is 0 Å². The maximum absolute atomic E-state index is 14.3. The molecule has 7 heteroatoms. The number of rotatable bonds is 5. The van der Waals surface area contributed by atoms with Crippen LogP contribution in [0.5, 0.6) is 0 Å². The number of hydrogen-bond donors (Lipinski definition) is 1. The third-order valence-corrected chi connectivity index (χ3v) is 6.17. The van der Waals surface area contributed by atoms with E-state index in [-0.39, 0.29) is 30.3 Å². The van der Waals surface area contributed by atoms with E-state index in [9.17, 15) is 14.0 Å². The van der Waals surface area contributed by atoms with Crippen LogP contribution in [0.25, 0.3) is 10.1 Å². The first-order chi connectivity index (χ1) is 12.6. The van der Waals surface area contributed by atoms with Gasteiger partial charge in [0.05, 0.1) is 11.5 Å². The Morgan fingerprint density at radius 1 is 1.35 bits per heavy atom. The summed E-state index contributed by atoms with van der Waals surface area (Å²) in [6.45, 7) is 0.708. The van der Waals surface area contributed by atoms with Gasteiger partial charge >= 0.3 is 0 Å². The van der Waals surface area contributed by atoms with Gasteiger partial charge < -0.3 is 15.0 Å². The first-order valence-corrected chi connectivity index (χ1v) is 9.72. The Hall–Kier alpha value is -1.99. The lowest BCUT2D eigenvalue weighted by Crippen LogP contribution is -2.46. The highest BCUT2D eigenvalue weighted by Gasteiger charge is 2.38. The zero-order chi connectivity index (χ0) is 18.3. The SMILES string of the molecule is COCc1c(C(=O)N2CCCC2C(=O)NC2CC2)sc2cccc(F)c12. The summed E-state index contributed by atoms with van der Waals surface area (Å²) in [5, 5.41) is 3.44. The summed E-state index contributed by atoms with van der Waals surface area (Å²) >= 11 is 1.27. The van der Waals surface area contributed by atoms with Gasteiger partial charge in [0.15, 0.2) is 0 Å². The molecule has 5 nitrogen and oxygen atoms in total. The van der Waals surface area contributed by atoms with Gasteiger partial charge in [0.1, 0.15) is 11.9 Å². The number of nitrogens with one attached hydrogen (secondary N) is 1. The topological polar surface area (TPSA) is 58.6 Å². The van der Waals surface area contributed by atoms with Gasteiger partial charge in [-0.15, -0.1) is 11.3 Å². The van der Waals surface area contributed by atoms with Gasteiger partial charge in [-0.1, -0.05) is 6.07 Å². The minimum absolute atomic E-state index is 0.0704. The summed E-state index contributed by atoms with van der Waals surface area (Å²) in [4.78, 5) is 27.8. The molecule has 2 fully saturated rings. The van der Waals surface area contributed by atoms with Crippen LogP contribution in [0.2, 0.25) is 0 Å². The molecule has 2 amide bonds. The van der Waals surface area contributed by atoms with Crippen molar-refractivity contribution in [1.82, 2.24) is 10.2 Å². The molecule has 1 unspecified atom stereocenters. The van der Waals surface area contributed by atoms with Crippen molar-refractivity contribution in [3.8, 4) is 0 Å². The number of fused-ring (bicyclic) bond motifs is 1. The Morgan fingerprint density at radius 2 is 2.15 bits per heavy atom. The van der Waals surface area contributed by atoms with Crippen LogP contribution in [0, 0.1) is 5.82 Å². The van der Waals surface area contributed by atoms with E-state index in [0.29, 0.717) is 28.8 Å². The summed E-state index contributed by atoms with van der Waals surface area (Å²) < 4.78 is 20.3. The summed E-state index contributed by atoms with van der Waals surface area (Å²) in [5.41, 5.74) is 0.573. The molecule has 0 bridgehead atoms. The van der Waals surface area contributed by atoms with Crippen LogP contribution in [0.4, 0.5) is 4.39 Å². The van der Waals surface area contributed by atoms with E-state index < -0.39 is 6.04 Å². The molecule has 1 aliphatic carbocycles. The average molecular weight is 376 g/mol. The van der Waals surface area contributed by atoms with Gasteiger partial charge in [-0.25, -0.2) is 4.39 Å². The second-order valence-electron chi connectivity index (χ2n) is 6.90. The summed E-state index contributed by atoms with van der Waals surface area (Å²) in [6, 6.07) is 4.67. The second kappa shape index (κ2) is 6.96. The Balaban J connectivity index is 1.67. The number of thiophene rings is 1. The van der Waals surface area contributed by atoms with Crippen molar-refractivity contribution in [3.63, 3.8) is 0 Å². The van der Waals surface area contributed by atoms with Gasteiger partial charge in [-0.05, 0) is 37.8 Å². The average Bonchev–Trinajstić information content (AvgIpc) is 3.17. The zero-order valence-corrected chi connectivity index (χ0v) is 15.4. The lowest BCUT2D eigenvalue weighted by Gasteiger charge is -2.24. The molecule has 1 saturated heterocycles. The van der Waals surface area contributed by atoms with Gasteiger partial charge in [-0.2, -0.15) is 0 Å². The largest absolute Gasteiger partial charge is 0.380 e. The molecule has 4 rings (SSSR count). The standard InChI is InChI=1S/C19H21FN2O3S/c1-25-10-12-16-13(20)4-2-6-15(16)26-17(12)19(24)22-9-3-5-14(22)18(23)21-11-7-8-11/h2,4,6,11,14H,3,5,7-10H2,1H3,(H,21,23). The smallest absolute Gasteiger partial charge is 0.265 e. The van der Waals surface area contributed by atoms with E-state index in [1.165, 1.54) is 24.5 Å². The summed E-state index contributed by atoms with van der Waals surface area (Å²) in [7, 11) is 1.53. The Bertz CT molecular complexity index is 862. The molecule has 26 heavy (non-hydrogen) atoms. The quantitative estimate of drug-likeness (QED) is 0.873. The molecule has 1 aromatic heterocycles. The summed E-state index contributed by atoms with van der Waals surface area (Å²) in [6.07, 6.45) is 3.50. The molecular formula is C19H21FN2O3S. The molecule has 1 saturated carbocycles. The van der Waals surface area contributed by atoms with E-state index >= 15 is 0 Å². The lowest BCUT2D eigenvalue weighted by atomic mass is 10.1. The number of methoxy groups -OCH3 is 1. The first kappa shape index (κ1) is 17.4. The minimum atomic E-state index is -0.437. The number of ether oxygens (including phenoxy) is 1. The minimum Gasteiger partial charge on any atom is -0.380 e. The number of hydrogen-bond acceptors (Lipinski definition) is 4. The number of nitrogens with zero attached hydrogens (tertiary/aromatic N) is 1. The lowest BCUT2D eigenvalue weighted by molar-refractivity contribution is -0.125. The van der Waals surface area contributed by atoms with Crippen molar-refractivity contribution in [2.24, 2.45) is 0 Å². The number of carbonyl (C=O) groups excluding carboxylic acids is 2. The fourth-order valence-corrected chi connectivity index (χ4v) is 4.74. The molecule has 1 atom stereocenters. The molecule has 1 N–H and O–H groups in total. The predicted molar refractivity (Wildman–Crippen MR) is 97.7 cm³/mol. The second-order valence-corrected chi connectivity index (χ2v) is 7.95. The summed E-state index contributed by atoms with van der Waals surface area (Å²) in [5.74, 6) is -0.626. The molecule has 138 valence electrons. The van der Waals surface area contributed by atoms with Crippen LogP contribution in [-0.4, -0.2) is 42.5 Å². The van der Waals surface area contributed by atoms with Crippen molar-refractivity contribution in [2.45, 2.75) is 44.4 Å². The van der Waals surface area contributed by atoms with Crippen LogP contribution < -0.4 is 5.32 Å². The fourth-order valence-electron chi connectivity index (χ4n) is 3.56. The van der Waals surface area contributed by atoms with Crippen LogP contribution in [0.1, 0.15) is 40.9 Å². The molecule has 1 aliphatic heterocycles. The van der Waals surface area contributed by atoms with E-state index in [4.69, 9.17) is 4.74 Å². The third kappa shape index (κ3) is 3.10. The van der Waals surface area contributed by atoms with E-state index in [1.54, 1.807) is 17.0 Å². The van der Waals surface area contributed by atoms with Crippen LogP contribution in [0.15, 0.2) is 18.2 Å². The van der Waals surface area contributed by atoms with Gasteiger partial charge in [0.2, 0.25) is 5.91 Å². The van der Waals surface area contributed by atoms with E-state index in [1.807, 2.05) is 0 Å². The maximum Gasteiger partial charge on any atom is 0.265 e. The number of halogens is 1. The Kier molecular flexibility index (Phi) is 4.67. The number of likely N-dealkylation sites (tertiary alicyclic amines) is 1. The first-order valence-electron chi connectivity index (χ1n) is 8.90. The Labute approximate surface area is 155 Å². The molecule has 1 aromatic carbocycles. The van der Waals surface area contributed by atoms with Crippen molar-refractivity contribution in [2.75, 3.05) is 13.7 Å². The predicted octanol–water partition coefficient (Wildman–Crippen LogP) is 3.07. The number of amides is 2. The van der Waals surface area contributed by atoms with Crippen molar-refractivity contribution >= 4 is 33.2 Å². The van der Waals surface area contributed by atoms with E-state index in [2.05, 4.69) is 5.32 Å². The Morgan fingerprint density at radius 3 is 2.88 bits per heavy atom.